The zero-order valence-corrected chi connectivity index (χ0v) is 14.4. The highest BCUT2D eigenvalue weighted by Gasteiger charge is 2.10. The van der Waals surface area contributed by atoms with Crippen molar-refractivity contribution >= 4 is 23.3 Å². The van der Waals surface area contributed by atoms with Gasteiger partial charge in [0.05, 0.1) is 24.9 Å². The molecule has 0 radical (unpaired) electrons. The molecule has 0 bridgehead atoms. The summed E-state index contributed by atoms with van der Waals surface area (Å²) in [6.07, 6.45) is 1.64. The van der Waals surface area contributed by atoms with E-state index in [4.69, 9.17) is 4.42 Å². The number of rotatable bonds is 6. The summed E-state index contributed by atoms with van der Waals surface area (Å²) in [6, 6.07) is 16.1. The highest BCUT2D eigenvalue weighted by atomic mass is 19.1. The van der Waals surface area contributed by atoms with Crippen molar-refractivity contribution in [3.8, 4) is 0 Å². The van der Waals surface area contributed by atoms with Gasteiger partial charge in [-0.15, -0.1) is 0 Å². The first-order valence-electron chi connectivity index (χ1n) is 8.31. The lowest BCUT2D eigenvalue weighted by Crippen LogP contribution is -2.28. The first-order valence-corrected chi connectivity index (χ1v) is 8.31. The summed E-state index contributed by atoms with van der Waals surface area (Å²) in [5.74, 6) is -0.324. The number of hydrogen-bond acceptors (Lipinski definition) is 3. The van der Waals surface area contributed by atoms with Gasteiger partial charge in [0.1, 0.15) is 11.6 Å². The van der Waals surface area contributed by atoms with Crippen molar-refractivity contribution in [1.29, 1.82) is 0 Å². The third-order valence-corrected chi connectivity index (χ3v) is 3.71. The van der Waals surface area contributed by atoms with Gasteiger partial charge in [0.25, 0.3) is 0 Å². The predicted molar refractivity (Wildman–Crippen MR) is 99.7 cm³/mol. The lowest BCUT2D eigenvalue weighted by atomic mass is 10.1. The molecule has 2 aromatic carbocycles. The standard InChI is InChI=1S/C20H18FN3O3/c21-17-9-8-15(23-20(26)22-13-16-7-4-10-27-16)12-18(17)24-19(25)11-14-5-2-1-3-6-14/h1-10,12H,11,13H2,(H,24,25)(H2,22,23,26). The Bertz CT molecular complexity index is 911. The SMILES string of the molecule is O=C(Cc1ccccc1)Nc1cc(NC(=O)NCc2ccco2)ccc1F. The van der Waals surface area contributed by atoms with Crippen molar-refractivity contribution in [1.82, 2.24) is 5.32 Å². The van der Waals surface area contributed by atoms with Crippen LogP contribution in [0.5, 0.6) is 0 Å². The maximum atomic E-state index is 14.0. The van der Waals surface area contributed by atoms with Gasteiger partial charge in [-0.3, -0.25) is 4.79 Å². The second-order valence-corrected chi connectivity index (χ2v) is 5.79. The zero-order chi connectivity index (χ0) is 19.1. The molecule has 138 valence electrons. The van der Waals surface area contributed by atoms with Crippen LogP contribution < -0.4 is 16.0 Å². The fourth-order valence-corrected chi connectivity index (χ4v) is 2.43. The van der Waals surface area contributed by atoms with Gasteiger partial charge >= 0.3 is 6.03 Å². The molecule has 0 saturated heterocycles. The number of urea groups is 1. The van der Waals surface area contributed by atoms with Crippen molar-refractivity contribution in [2.24, 2.45) is 0 Å². The first-order chi connectivity index (χ1) is 13.1. The Morgan fingerprint density at radius 2 is 1.78 bits per heavy atom. The van der Waals surface area contributed by atoms with Crippen LogP contribution >= 0.6 is 0 Å². The Morgan fingerprint density at radius 3 is 2.52 bits per heavy atom. The fourth-order valence-electron chi connectivity index (χ4n) is 2.43. The third kappa shape index (κ3) is 5.43. The molecule has 0 aliphatic carbocycles. The second-order valence-electron chi connectivity index (χ2n) is 5.79. The van der Waals surface area contributed by atoms with Gasteiger partial charge in [0, 0.05) is 5.69 Å². The Hall–Kier alpha value is -3.61. The monoisotopic (exact) mass is 367 g/mol. The van der Waals surface area contributed by atoms with Crippen LogP contribution in [0.2, 0.25) is 0 Å². The zero-order valence-electron chi connectivity index (χ0n) is 14.4. The van der Waals surface area contributed by atoms with Crippen LogP contribution in [0.4, 0.5) is 20.6 Å². The molecule has 3 aromatic rings. The van der Waals surface area contributed by atoms with Crippen molar-refractivity contribution in [2.75, 3.05) is 10.6 Å². The smallest absolute Gasteiger partial charge is 0.319 e. The minimum Gasteiger partial charge on any atom is -0.467 e. The van der Waals surface area contributed by atoms with E-state index in [9.17, 15) is 14.0 Å². The molecule has 1 aromatic heterocycles. The summed E-state index contributed by atoms with van der Waals surface area (Å²) in [6.45, 7) is 0.223. The lowest BCUT2D eigenvalue weighted by Gasteiger charge is -2.10. The molecular formula is C20H18FN3O3. The summed E-state index contributed by atoms with van der Waals surface area (Å²) in [5.41, 5.74) is 1.17. The molecule has 0 unspecified atom stereocenters. The maximum Gasteiger partial charge on any atom is 0.319 e. The van der Waals surface area contributed by atoms with E-state index in [-0.39, 0.29) is 24.6 Å². The van der Waals surface area contributed by atoms with E-state index in [1.807, 2.05) is 30.3 Å². The van der Waals surface area contributed by atoms with Gasteiger partial charge in [-0.1, -0.05) is 30.3 Å². The number of carbonyl (C=O) groups is 2. The molecule has 3 rings (SSSR count). The van der Waals surface area contributed by atoms with E-state index in [1.54, 1.807) is 12.1 Å². The average molecular weight is 367 g/mol. The molecule has 6 nitrogen and oxygen atoms in total. The van der Waals surface area contributed by atoms with Crippen molar-refractivity contribution < 1.29 is 18.4 Å². The van der Waals surface area contributed by atoms with E-state index in [2.05, 4.69) is 16.0 Å². The summed E-state index contributed by atoms with van der Waals surface area (Å²) in [4.78, 5) is 24.0. The number of anilines is 2. The summed E-state index contributed by atoms with van der Waals surface area (Å²) in [5, 5.41) is 7.73. The topological polar surface area (TPSA) is 83.4 Å². The Morgan fingerprint density at radius 1 is 0.963 bits per heavy atom. The minimum atomic E-state index is -0.585. The molecule has 1 heterocycles. The van der Waals surface area contributed by atoms with Crippen molar-refractivity contribution in [2.45, 2.75) is 13.0 Å². The van der Waals surface area contributed by atoms with Crippen LogP contribution in [0.1, 0.15) is 11.3 Å². The van der Waals surface area contributed by atoms with Crippen molar-refractivity contribution in [3.63, 3.8) is 0 Å². The second kappa shape index (κ2) is 8.66. The van der Waals surface area contributed by atoms with E-state index in [1.165, 1.54) is 24.5 Å². The number of furan rings is 1. The van der Waals surface area contributed by atoms with Crippen LogP contribution in [-0.4, -0.2) is 11.9 Å². The Balaban J connectivity index is 1.58. The van der Waals surface area contributed by atoms with Crippen LogP contribution in [0.3, 0.4) is 0 Å². The number of carbonyl (C=O) groups excluding carboxylic acids is 2. The van der Waals surface area contributed by atoms with Gasteiger partial charge in [-0.25, -0.2) is 9.18 Å². The van der Waals surface area contributed by atoms with Gasteiger partial charge in [0.2, 0.25) is 5.91 Å². The average Bonchev–Trinajstić information content (AvgIpc) is 3.17. The van der Waals surface area contributed by atoms with Crippen LogP contribution in [0, 0.1) is 5.82 Å². The van der Waals surface area contributed by atoms with Gasteiger partial charge in [-0.2, -0.15) is 0 Å². The number of amides is 3. The minimum absolute atomic E-state index is 0.000217. The van der Waals surface area contributed by atoms with Crippen LogP contribution in [-0.2, 0) is 17.8 Å². The van der Waals surface area contributed by atoms with Gasteiger partial charge < -0.3 is 20.4 Å². The van der Waals surface area contributed by atoms with E-state index in [0.717, 1.165) is 5.56 Å². The molecule has 3 amide bonds. The lowest BCUT2D eigenvalue weighted by molar-refractivity contribution is -0.115. The summed E-state index contributed by atoms with van der Waals surface area (Å²) < 4.78 is 19.1. The number of nitrogens with one attached hydrogen (secondary N) is 3. The van der Waals surface area contributed by atoms with Crippen LogP contribution in [0.15, 0.2) is 71.3 Å². The van der Waals surface area contributed by atoms with E-state index < -0.39 is 11.8 Å². The van der Waals surface area contributed by atoms with E-state index in [0.29, 0.717) is 11.4 Å². The Kier molecular flexibility index (Phi) is 5.84. The molecule has 0 aliphatic rings. The molecular weight excluding hydrogens is 349 g/mol. The molecule has 0 spiro atoms. The number of benzene rings is 2. The summed E-state index contributed by atoms with van der Waals surface area (Å²) >= 11 is 0. The third-order valence-electron chi connectivity index (χ3n) is 3.71. The van der Waals surface area contributed by atoms with Gasteiger partial charge in [-0.05, 0) is 35.9 Å². The van der Waals surface area contributed by atoms with Crippen molar-refractivity contribution in [3.05, 3.63) is 84.1 Å². The van der Waals surface area contributed by atoms with Crippen LogP contribution in [0.25, 0.3) is 0 Å². The molecule has 0 saturated carbocycles. The highest BCUT2D eigenvalue weighted by molar-refractivity contribution is 5.94. The molecule has 0 aliphatic heterocycles. The number of halogens is 1. The highest BCUT2D eigenvalue weighted by Crippen LogP contribution is 2.20. The number of hydrogen-bond donors (Lipinski definition) is 3. The summed E-state index contributed by atoms with van der Waals surface area (Å²) in [7, 11) is 0. The molecule has 3 N–H and O–H groups in total. The fraction of sp³-hybridized carbons (Fsp3) is 0.100. The maximum absolute atomic E-state index is 14.0. The quantitative estimate of drug-likeness (QED) is 0.617. The molecule has 0 fully saturated rings. The molecule has 7 heteroatoms. The largest absolute Gasteiger partial charge is 0.467 e. The molecule has 27 heavy (non-hydrogen) atoms. The Labute approximate surface area is 155 Å². The molecule has 0 atom stereocenters. The van der Waals surface area contributed by atoms with E-state index >= 15 is 0 Å². The van der Waals surface area contributed by atoms with Gasteiger partial charge in [0.15, 0.2) is 0 Å². The normalized spacial score (nSPS) is 10.3. The first kappa shape index (κ1) is 18.2. The predicted octanol–water partition coefficient (Wildman–Crippen LogP) is 3.92.